The van der Waals surface area contributed by atoms with Gasteiger partial charge in [-0.25, -0.2) is 0 Å². The SMILES string of the molecule is CC(C)CCCC(C)CCC(C)c1ccccc1. The zero-order chi connectivity index (χ0) is 13.4. The number of hydrogen-bond acceptors (Lipinski definition) is 0. The van der Waals surface area contributed by atoms with Gasteiger partial charge in [0.1, 0.15) is 0 Å². The minimum absolute atomic E-state index is 0.707. The Morgan fingerprint density at radius 2 is 1.44 bits per heavy atom. The quantitative estimate of drug-likeness (QED) is 0.525. The fraction of sp³-hybridized carbons (Fsp3) is 0.667. The zero-order valence-corrected chi connectivity index (χ0v) is 12.7. The zero-order valence-electron chi connectivity index (χ0n) is 12.7. The Morgan fingerprint density at radius 3 is 2.06 bits per heavy atom. The van der Waals surface area contributed by atoms with E-state index in [0.717, 1.165) is 11.8 Å². The molecule has 0 aliphatic carbocycles. The summed E-state index contributed by atoms with van der Waals surface area (Å²) in [5.74, 6) is 2.45. The molecule has 2 atom stereocenters. The largest absolute Gasteiger partial charge is 0.0628 e. The van der Waals surface area contributed by atoms with Gasteiger partial charge < -0.3 is 0 Å². The first-order valence-electron chi connectivity index (χ1n) is 7.64. The van der Waals surface area contributed by atoms with Gasteiger partial charge in [-0.3, -0.25) is 0 Å². The number of benzene rings is 1. The van der Waals surface area contributed by atoms with Crippen molar-refractivity contribution in [3.05, 3.63) is 35.9 Å². The van der Waals surface area contributed by atoms with E-state index in [0.29, 0.717) is 5.92 Å². The highest BCUT2D eigenvalue weighted by molar-refractivity contribution is 5.18. The molecule has 0 saturated heterocycles. The van der Waals surface area contributed by atoms with Gasteiger partial charge in [-0.1, -0.05) is 83.7 Å². The van der Waals surface area contributed by atoms with Gasteiger partial charge in [-0.05, 0) is 29.7 Å². The van der Waals surface area contributed by atoms with Crippen LogP contribution in [0.5, 0.6) is 0 Å². The summed E-state index contributed by atoms with van der Waals surface area (Å²) in [6, 6.07) is 10.9. The molecule has 0 aliphatic heterocycles. The molecule has 0 heteroatoms. The molecule has 0 aliphatic rings. The highest BCUT2D eigenvalue weighted by atomic mass is 14.1. The normalized spacial score (nSPS) is 14.7. The third-order valence-electron chi connectivity index (χ3n) is 3.94. The fourth-order valence-electron chi connectivity index (χ4n) is 2.50. The van der Waals surface area contributed by atoms with Crippen LogP contribution in [0.15, 0.2) is 30.3 Å². The van der Waals surface area contributed by atoms with Crippen LogP contribution in [0.4, 0.5) is 0 Å². The molecule has 18 heavy (non-hydrogen) atoms. The van der Waals surface area contributed by atoms with Crippen molar-refractivity contribution in [1.82, 2.24) is 0 Å². The molecule has 1 aromatic carbocycles. The molecule has 0 nitrogen and oxygen atoms in total. The van der Waals surface area contributed by atoms with Gasteiger partial charge >= 0.3 is 0 Å². The van der Waals surface area contributed by atoms with Gasteiger partial charge in [-0.2, -0.15) is 0 Å². The van der Waals surface area contributed by atoms with E-state index < -0.39 is 0 Å². The van der Waals surface area contributed by atoms with E-state index >= 15 is 0 Å². The first kappa shape index (κ1) is 15.3. The molecule has 1 aromatic rings. The summed E-state index contributed by atoms with van der Waals surface area (Å²) in [5, 5.41) is 0. The molecule has 0 bridgehead atoms. The third kappa shape index (κ3) is 6.23. The van der Waals surface area contributed by atoms with E-state index in [2.05, 4.69) is 58.0 Å². The average molecular weight is 246 g/mol. The molecular weight excluding hydrogens is 216 g/mol. The van der Waals surface area contributed by atoms with Crippen molar-refractivity contribution >= 4 is 0 Å². The van der Waals surface area contributed by atoms with Crippen molar-refractivity contribution in [2.24, 2.45) is 11.8 Å². The van der Waals surface area contributed by atoms with Gasteiger partial charge in [0.15, 0.2) is 0 Å². The monoisotopic (exact) mass is 246 g/mol. The lowest BCUT2D eigenvalue weighted by atomic mass is 9.90. The van der Waals surface area contributed by atoms with Gasteiger partial charge in [0, 0.05) is 0 Å². The lowest BCUT2D eigenvalue weighted by molar-refractivity contribution is 0.415. The molecule has 0 heterocycles. The topological polar surface area (TPSA) is 0 Å². The predicted molar refractivity (Wildman–Crippen MR) is 81.9 cm³/mol. The lowest BCUT2D eigenvalue weighted by Gasteiger charge is -2.16. The van der Waals surface area contributed by atoms with E-state index in [1.807, 2.05) is 0 Å². The Kier molecular flexibility index (Phi) is 7.08. The van der Waals surface area contributed by atoms with Crippen molar-refractivity contribution < 1.29 is 0 Å². The van der Waals surface area contributed by atoms with Crippen LogP contribution in [0, 0.1) is 11.8 Å². The Hall–Kier alpha value is -0.780. The van der Waals surface area contributed by atoms with Crippen LogP contribution >= 0.6 is 0 Å². The lowest BCUT2D eigenvalue weighted by Crippen LogP contribution is -2.00. The maximum Gasteiger partial charge on any atom is -0.0190 e. The molecule has 0 amide bonds. The molecular formula is C18H30. The average Bonchev–Trinajstić information content (AvgIpc) is 2.36. The summed E-state index contributed by atoms with van der Waals surface area (Å²) in [7, 11) is 0. The summed E-state index contributed by atoms with van der Waals surface area (Å²) in [5.41, 5.74) is 1.49. The summed E-state index contributed by atoms with van der Waals surface area (Å²) in [6.07, 6.45) is 6.89. The second kappa shape index (κ2) is 8.34. The van der Waals surface area contributed by atoms with Crippen LogP contribution in [-0.2, 0) is 0 Å². The van der Waals surface area contributed by atoms with Gasteiger partial charge in [-0.15, -0.1) is 0 Å². The molecule has 0 N–H and O–H groups in total. The minimum atomic E-state index is 0.707. The van der Waals surface area contributed by atoms with Crippen LogP contribution in [0.2, 0.25) is 0 Å². The van der Waals surface area contributed by atoms with Crippen LogP contribution in [-0.4, -0.2) is 0 Å². The maximum atomic E-state index is 2.41. The van der Waals surface area contributed by atoms with Crippen LogP contribution in [0.1, 0.15) is 71.3 Å². The highest BCUT2D eigenvalue weighted by Gasteiger charge is 2.08. The molecule has 1 rings (SSSR count). The van der Waals surface area contributed by atoms with Crippen molar-refractivity contribution in [1.29, 1.82) is 0 Å². The third-order valence-corrected chi connectivity index (χ3v) is 3.94. The molecule has 0 aromatic heterocycles. The van der Waals surface area contributed by atoms with Gasteiger partial charge in [0.2, 0.25) is 0 Å². The molecule has 0 fully saturated rings. The van der Waals surface area contributed by atoms with Gasteiger partial charge in [0.05, 0.1) is 0 Å². The van der Waals surface area contributed by atoms with Gasteiger partial charge in [0.25, 0.3) is 0 Å². The van der Waals surface area contributed by atoms with E-state index in [1.54, 1.807) is 0 Å². The molecule has 0 spiro atoms. The second-order valence-electron chi connectivity index (χ2n) is 6.32. The van der Waals surface area contributed by atoms with E-state index in [1.165, 1.54) is 37.7 Å². The van der Waals surface area contributed by atoms with Crippen LogP contribution < -0.4 is 0 Å². The number of rotatable bonds is 8. The summed E-state index contributed by atoms with van der Waals surface area (Å²) in [6.45, 7) is 9.42. The van der Waals surface area contributed by atoms with Crippen LogP contribution in [0.3, 0.4) is 0 Å². The van der Waals surface area contributed by atoms with E-state index in [-0.39, 0.29) is 0 Å². The van der Waals surface area contributed by atoms with E-state index in [9.17, 15) is 0 Å². The smallest absolute Gasteiger partial charge is 0.0190 e. The fourth-order valence-corrected chi connectivity index (χ4v) is 2.50. The van der Waals surface area contributed by atoms with Crippen molar-refractivity contribution in [2.75, 3.05) is 0 Å². The minimum Gasteiger partial charge on any atom is -0.0628 e. The molecule has 0 radical (unpaired) electrons. The predicted octanol–water partition coefficient (Wildman–Crippen LogP) is 6.03. The van der Waals surface area contributed by atoms with Crippen molar-refractivity contribution in [3.63, 3.8) is 0 Å². The summed E-state index contributed by atoms with van der Waals surface area (Å²) < 4.78 is 0. The molecule has 0 saturated carbocycles. The Morgan fingerprint density at radius 1 is 0.778 bits per heavy atom. The summed E-state index contributed by atoms with van der Waals surface area (Å²) in [4.78, 5) is 0. The second-order valence-corrected chi connectivity index (χ2v) is 6.32. The maximum absolute atomic E-state index is 2.41. The number of hydrogen-bond donors (Lipinski definition) is 0. The summed E-state index contributed by atoms with van der Waals surface area (Å²) >= 11 is 0. The van der Waals surface area contributed by atoms with E-state index in [4.69, 9.17) is 0 Å². The molecule has 2 unspecified atom stereocenters. The van der Waals surface area contributed by atoms with Crippen LogP contribution in [0.25, 0.3) is 0 Å². The first-order chi connectivity index (χ1) is 8.59. The first-order valence-corrected chi connectivity index (χ1v) is 7.64. The Bertz CT molecular complexity index is 299. The highest BCUT2D eigenvalue weighted by Crippen LogP contribution is 2.24. The molecule has 102 valence electrons. The van der Waals surface area contributed by atoms with Crippen molar-refractivity contribution in [3.8, 4) is 0 Å². The Labute approximate surface area is 114 Å². The Balaban J connectivity index is 2.20. The standard InChI is InChI=1S/C18H30/c1-15(2)9-8-10-16(3)13-14-17(4)18-11-6-5-7-12-18/h5-7,11-12,15-17H,8-10,13-14H2,1-4H3. The van der Waals surface area contributed by atoms with Crippen molar-refractivity contribution in [2.45, 2.75) is 65.7 Å².